The van der Waals surface area contributed by atoms with E-state index in [1.165, 1.54) is 18.8 Å². The molecule has 0 bridgehead atoms. The molecule has 80 valence electrons. The summed E-state index contributed by atoms with van der Waals surface area (Å²) in [6, 6.07) is 0.408. The first kappa shape index (κ1) is 10.0. The van der Waals surface area contributed by atoms with Gasteiger partial charge in [0.15, 0.2) is 0 Å². The maximum atomic E-state index is 11.6. The molecule has 1 atom stereocenters. The van der Waals surface area contributed by atoms with Crippen molar-refractivity contribution < 1.29 is 4.79 Å². The zero-order valence-electron chi connectivity index (χ0n) is 8.44. The van der Waals surface area contributed by atoms with Crippen LogP contribution in [0.25, 0.3) is 0 Å². The second-order valence-corrected chi connectivity index (χ2v) is 3.59. The highest BCUT2D eigenvalue weighted by Gasteiger charge is 2.15. The van der Waals surface area contributed by atoms with E-state index in [-0.39, 0.29) is 5.91 Å². The Morgan fingerprint density at radius 2 is 2.53 bits per heavy atom. The number of nitrogens with zero attached hydrogens (tertiary/aromatic N) is 2. The van der Waals surface area contributed by atoms with Crippen molar-refractivity contribution in [3.63, 3.8) is 0 Å². The number of hydrogen-bond donors (Lipinski definition) is 2. The number of carbonyl (C=O) groups is 1. The van der Waals surface area contributed by atoms with Gasteiger partial charge >= 0.3 is 0 Å². The second-order valence-electron chi connectivity index (χ2n) is 3.59. The van der Waals surface area contributed by atoms with Crippen molar-refractivity contribution in [2.45, 2.75) is 18.9 Å². The van der Waals surface area contributed by atoms with Gasteiger partial charge in [0, 0.05) is 25.0 Å². The smallest absolute Gasteiger partial charge is 0.271 e. The fraction of sp³-hybridized carbons (Fsp3) is 0.500. The lowest BCUT2D eigenvalue weighted by molar-refractivity contribution is 0.0945. The van der Waals surface area contributed by atoms with E-state index in [0.717, 1.165) is 13.0 Å². The summed E-state index contributed by atoms with van der Waals surface area (Å²) >= 11 is 0. The van der Waals surface area contributed by atoms with E-state index in [1.807, 2.05) is 0 Å². The number of rotatable bonds is 3. The van der Waals surface area contributed by atoms with E-state index in [1.54, 1.807) is 6.20 Å². The van der Waals surface area contributed by atoms with Crippen LogP contribution in [0.1, 0.15) is 23.3 Å². The zero-order valence-corrected chi connectivity index (χ0v) is 8.44. The van der Waals surface area contributed by atoms with Gasteiger partial charge in [-0.25, -0.2) is 4.98 Å². The average molecular weight is 206 g/mol. The molecule has 5 nitrogen and oxygen atoms in total. The van der Waals surface area contributed by atoms with Crippen LogP contribution >= 0.6 is 0 Å². The summed E-state index contributed by atoms with van der Waals surface area (Å²) < 4.78 is 0. The molecule has 0 radical (unpaired) electrons. The Labute approximate surface area is 88.3 Å². The molecule has 0 saturated carbocycles. The monoisotopic (exact) mass is 206 g/mol. The second kappa shape index (κ2) is 4.84. The van der Waals surface area contributed by atoms with Crippen molar-refractivity contribution in [2.75, 3.05) is 13.1 Å². The van der Waals surface area contributed by atoms with Crippen LogP contribution in [0.15, 0.2) is 18.6 Å². The van der Waals surface area contributed by atoms with Crippen LogP contribution in [0.4, 0.5) is 0 Å². The SMILES string of the molecule is O=C(NCC1CCCN1)c1cnccn1. The summed E-state index contributed by atoms with van der Waals surface area (Å²) in [4.78, 5) is 19.3. The predicted molar refractivity (Wildman–Crippen MR) is 55.4 cm³/mol. The van der Waals surface area contributed by atoms with Crippen LogP contribution in [0.5, 0.6) is 0 Å². The molecule has 1 saturated heterocycles. The molecule has 0 aromatic carbocycles. The third-order valence-electron chi connectivity index (χ3n) is 2.47. The van der Waals surface area contributed by atoms with Crippen molar-refractivity contribution in [3.05, 3.63) is 24.3 Å². The fourth-order valence-corrected chi connectivity index (χ4v) is 1.65. The third kappa shape index (κ3) is 2.73. The molecule has 1 amide bonds. The molecule has 1 aromatic heterocycles. The Bertz CT molecular complexity index is 321. The average Bonchev–Trinajstić information content (AvgIpc) is 2.80. The normalized spacial score (nSPS) is 20.1. The molecule has 5 heteroatoms. The first-order valence-electron chi connectivity index (χ1n) is 5.14. The molecule has 1 aliphatic heterocycles. The van der Waals surface area contributed by atoms with Gasteiger partial charge in [-0.1, -0.05) is 0 Å². The lowest BCUT2D eigenvalue weighted by Crippen LogP contribution is -2.37. The Morgan fingerprint density at radius 3 is 3.20 bits per heavy atom. The molecule has 1 aliphatic rings. The molecular formula is C10H14N4O. The van der Waals surface area contributed by atoms with Gasteiger partial charge in [0.05, 0.1) is 6.20 Å². The molecule has 2 N–H and O–H groups in total. The van der Waals surface area contributed by atoms with Crippen LogP contribution in [-0.2, 0) is 0 Å². The Morgan fingerprint density at radius 1 is 1.60 bits per heavy atom. The van der Waals surface area contributed by atoms with Crippen molar-refractivity contribution in [1.29, 1.82) is 0 Å². The maximum absolute atomic E-state index is 11.6. The van der Waals surface area contributed by atoms with Gasteiger partial charge in [-0.15, -0.1) is 0 Å². The van der Waals surface area contributed by atoms with Gasteiger partial charge < -0.3 is 10.6 Å². The highest BCUT2D eigenvalue weighted by molar-refractivity contribution is 5.91. The number of hydrogen-bond acceptors (Lipinski definition) is 4. The Hall–Kier alpha value is -1.49. The number of amides is 1. The first-order valence-corrected chi connectivity index (χ1v) is 5.14. The van der Waals surface area contributed by atoms with Crippen molar-refractivity contribution in [2.24, 2.45) is 0 Å². The summed E-state index contributed by atoms with van der Waals surface area (Å²) in [5.74, 6) is -0.156. The van der Waals surface area contributed by atoms with E-state index in [9.17, 15) is 4.79 Å². The minimum absolute atomic E-state index is 0.156. The quantitative estimate of drug-likeness (QED) is 0.728. The van der Waals surface area contributed by atoms with Crippen LogP contribution in [0.3, 0.4) is 0 Å². The summed E-state index contributed by atoms with van der Waals surface area (Å²) in [5.41, 5.74) is 0.371. The van der Waals surface area contributed by atoms with E-state index in [4.69, 9.17) is 0 Å². The van der Waals surface area contributed by atoms with Gasteiger partial charge in [-0.05, 0) is 19.4 Å². The topological polar surface area (TPSA) is 66.9 Å². The van der Waals surface area contributed by atoms with Gasteiger partial charge in [0.25, 0.3) is 5.91 Å². The fourth-order valence-electron chi connectivity index (χ4n) is 1.65. The Kier molecular flexibility index (Phi) is 3.24. The molecule has 1 aromatic rings. The van der Waals surface area contributed by atoms with E-state index < -0.39 is 0 Å². The van der Waals surface area contributed by atoms with Crippen LogP contribution in [-0.4, -0.2) is 35.0 Å². The van der Waals surface area contributed by atoms with Crippen molar-refractivity contribution in [3.8, 4) is 0 Å². The van der Waals surface area contributed by atoms with Gasteiger partial charge in [0.2, 0.25) is 0 Å². The van der Waals surface area contributed by atoms with E-state index >= 15 is 0 Å². The summed E-state index contributed by atoms with van der Waals surface area (Å²) in [6.07, 6.45) is 6.85. The molecular weight excluding hydrogens is 192 g/mol. The summed E-state index contributed by atoms with van der Waals surface area (Å²) in [5, 5.41) is 6.15. The third-order valence-corrected chi connectivity index (χ3v) is 2.47. The van der Waals surface area contributed by atoms with Crippen molar-refractivity contribution >= 4 is 5.91 Å². The number of carbonyl (C=O) groups excluding carboxylic acids is 1. The van der Waals surface area contributed by atoms with E-state index in [2.05, 4.69) is 20.6 Å². The minimum atomic E-state index is -0.156. The lowest BCUT2D eigenvalue weighted by Gasteiger charge is -2.10. The zero-order chi connectivity index (χ0) is 10.5. The standard InChI is InChI=1S/C10H14N4O/c15-10(9-7-11-4-5-13-9)14-6-8-2-1-3-12-8/h4-5,7-8,12H,1-3,6H2,(H,14,15). The van der Waals surface area contributed by atoms with Crippen molar-refractivity contribution in [1.82, 2.24) is 20.6 Å². The summed E-state index contributed by atoms with van der Waals surface area (Å²) in [7, 11) is 0. The summed E-state index contributed by atoms with van der Waals surface area (Å²) in [6.45, 7) is 1.71. The van der Waals surface area contributed by atoms with Crippen LogP contribution in [0.2, 0.25) is 0 Å². The largest absolute Gasteiger partial charge is 0.349 e. The molecule has 1 unspecified atom stereocenters. The predicted octanol–water partition coefficient (Wildman–Crippen LogP) is -0.0416. The molecule has 0 spiro atoms. The first-order chi connectivity index (χ1) is 7.36. The van der Waals surface area contributed by atoms with Crippen LogP contribution in [0, 0.1) is 0 Å². The molecule has 2 rings (SSSR count). The maximum Gasteiger partial charge on any atom is 0.271 e. The number of nitrogens with one attached hydrogen (secondary N) is 2. The molecule has 2 heterocycles. The minimum Gasteiger partial charge on any atom is -0.349 e. The van der Waals surface area contributed by atoms with Gasteiger partial charge in [-0.3, -0.25) is 9.78 Å². The molecule has 15 heavy (non-hydrogen) atoms. The molecule has 0 aliphatic carbocycles. The highest BCUT2D eigenvalue weighted by Crippen LogP contribution is 2.03. The molecule has 1 fully saturated rings. The highest BCUT2D eigenvalue weighted by atomic mass is 16.1. The van der Waals surface area contributed by atoms with Gasteiger partial charge in [-0.2, -0.15) is 0 Å². The van der Waals surface area contributed by atoms with Gasteiger partial charge in [0.1, 0.15) is 5.69 Å². The Balaban J connectivity index is 1.82. The number of aromatic nitrogens is 2. The van der Waals surface area contributed by atoms with Crippen LogP contribution < -0.4 is 10.6 Å². The van der Waals surface area contributed by atoms with E-state index in [0.29, 0.717) is 18.3 Å². The lowest BCUT2D eigenvalue weighted by atomic mass is 10.2.